The van der Waals surface area contributed by atoms with Gasteiger partial charge in [-0.2, -0.15) is 22.8 Å². The van der Waals surface area contributed by atoms with E-state index in [0.717, 1.165) is 49.5 Å². The lowest BCUT2D eigenvalue weighted by molar-refractivity contribution is -0.137. The molecule has 0 spiro atoms. The highest BCUT2D eigenvalue weighted by molar-refractivity contribution is 5.24. The Morgan fingerprint density at radius 2 is 1.62 bits per heavy atom. The lowest BCUT2D eigenvalue weighted by Gasteiger charge is -2.28. The van der Waals surface area contributed by atoms with Crippen molar-refractivity contribution in [3.05, 3.63) is 59.4 Å². The molecule has 0 unspecified atom stereocenters. The number of hydrogen-bond donors (Lipinski definition) is 0. The summed E-state index contributed by atoms with van der Waals surface area (Å²) in [5.74, 6) is 0.731. The van der Waals surface area contributed by atoms with Crippen LogP contribution in [0.3, 0.4) is 0 Å². The number of hydrogen-bond acceptors (Lipinski definition) is 1. The molecule has 0 heterocycles. The summed E-state index contributed by atoms with van der Waals surface area (Å²) in [7, 11) is 0. The van der Waals surface area contributed by atoms with Crippen molar-refractivity contribution in [3.63, 3.8) is 0 Å². The monoisotopic (exact) mass is 407 g/mol. The maximum absolute atomic E-state index is 12.6. The van der Waals surface area contributed by atoms with Crippen molar-refractivity contribution in [1.29, 1.82) is 5.26 Å². The zero-order valence-electron chi connectivity index (χ0n) is 16.7. The fourth-order valence-electron chi connectivity index (χ4n) is 4.05. The van der Waals surface area contributed by atoms with Crippen molar-refractivity contribution in [2.45, 2.75) is 70.4 Å². The van der Waals surface area contributed by atoms with Crippen molar-refractivity contribution in [2.24, 2.45) is 11.8 Å². The number of allylic oxidation sites excluding steroid dienone is 4. The van der Waals surface area contributed by atoms with Gasteiger partial charge >= 0.3 is 6.18 Å². The third-order valence-electron chi connectivity index (χ3n) is 5.80. The minimum atomic E-state index is -4.26. The highest BCUT2D eigenvalue weighted by Gasteiger charge is 2.29. The lowest BCUT2D eigenvalue weighted by atomic mass is 9.78. The molecular weight excluding hydrogens is 378 g/mol. The van der Waals surface area contributed by atoms with Gasteiger partial charge in [-0.15, -0.1) is 0 Å². The van der Waals surface area contributed by atoms with Crippen molar-refractivity contribution >= 4 is 0 Å². The van der Waals surface area contributed by atoms with Crippen LogP contribution in [-0.4, -0.2) is 0 Å². The van der Waals surface area contributed by atoms with Gasteiger partial charge in [-0.25, -0.2) is 0 Å². The van der Waals surface area contributed by atoms with Crippen LogP contribution < -0.4 is 0 Å². The number of nitriles is 1. The number of benzene rings is 1. The maximum Gasteiger partial charge on any atom is 0.416 e. The Morgan fingerprint density at radius 3 is 2.21 bits per heavy atom. The van der Waals surface area contributed by atoms with Gasteiger partial charge in [-0.1, -0.05) is 62.8 Å². The Hall–Kier alpha value is -2.09. The van der Waals surface area contributed by atoms with Crippen LogP contribution in [0.1, 0.15) is 68.9 Å². The summed E-state index contributed by atoms with van der Waals surface area (Å²) < 4.78 is 50.4. The number of rotatable bonds is 9. The molecule has 1 aromatic rings. The standard InChI is InChI=1S/C24H29F4N/c25-23(18-29)9-3-1-2-6-19-10-12-20(13-11-19)7-4-5-8-21-14-16-22(17-15-21)24(26,27)28/h1,3,9,14-17,19-20H,2,4-8,10-13H2/b3-1+,23-9-/t19-,20-. The molecule has 5 heteroatoms. The second kappa shape index (κ2) is 11.8. The van der Waals surface area contributed by atoms with Crippen LogP contribution in [0.25, 0.3) is 0 Å². The Bertz CT molecular complexity index is 702. The Balaban J connectivity index is 1.56. The first-order valence-corrected chi connectivity index (χ1v) is 10.5. The van der Waals surface area contributed by atoms with Gasteiger partial charge < -0.3 is 0 Å². The van der Waals surface area contributed by atoms with E-state index in [9.17, 15) is 17.6 Å². The molecule has 0 saturated heterocycles. The number of nitrogens with zero attached hydrogens (tertiary/aromatic N) is 1. The summed E-state index contributed by atoms with van der Waals surface area (Å²) in [5, 5.41) is 8.33. The predicted molar refractivity (Wildman–Crippen MR) is 108 cm³/mol. The van der Waals surface area contributed by atoms with Gasteiger partial charge in [0.25, 0.3) is 0 Å². The van der Waals surface area contributed by atoms with Crippen LogP contribution in [0.5, 0.6) is 0 Å². The minimum Gasteiger partial charge on any atom is -0.195 e. The van der Waals surface area contributed by atoms with Crippen molar-refractivity contribution in [3.8, 4) is 6.07 Å². The average molecular weight is 407 g/mol. The van der Waals surface area contributed by atoms with E-state index in [1.807, 2.05) is 6.08 Å². The predicted octanol–water partition coefficient (Wildman–Crippen LogP) is 7.94. The molecule has 0 aliphatic heterocycles. The molecule has 1 aliphatic rings. The van der Waals surface area contributed by atoms with Crippen LogP contribution in [-0.2, 0) is 12.6 Å². The van der Waals surface area contributed by atoms with Crippen LogP contribution in [0, 0.1) is 23.2 Å². The van der Waals surface area contributed by atoms with Crippen LogP contribution in [0.15, 0.2) is 48.3 Å². The summed E-state index contributed by atoms with van der Waals surface area (Å²) in [5.41, 5.74) is 0.388. The first-order chi connectivity index (χ1) is 13.9. The van der Waals surface area contributed by atoms with E-state index in [-0.39, 0.29) is 0 Å². The van der Waals surface area contributed by atoms with Crippen molar-refractivity contribution < 1.29 is 17.6 Å². The number of halogens is 4. The van der Waals surface area contributed by atoms with E-state index >= 15 is 0 Å². The second-order valence-corrected chi connectivity index (χ2v) is 7.96. The summed E-state index contributed by atoms with van der Waals surface area (Å²) >= 11 is 0. The van der Waals surface area contributed by atoms with E-state index in [2.05, 4.69) is 0 Å². The highest BCUT2D eigenvalue weighted by atomic mass is 19.4. The fraction of sp³-hybridized carbons (Fsp3) is 0.542. The molecule has 0 N–H and O–H groups in total. The van der Waals surface area contributed by atoms with Gasteiger partial charge in [-0.3, -0.25) is 0 Å². The summed E-state index contributed by atoms with van der Waals surface area (Å²) in [6, 6.07) is 6.97. The molecule has 1 aromatic carbocycles. The molecule has 1 aliphatic carbocycles. The molecule has 1 nitrogen and oxygen atoms in total. The minimum absolute atomic E-state index is 0.584. The Labute approximate surface area is 171 Å². The molecule has 0 bridgehead atoms. The summed E-state index contributed by atoms with van der Waals surface area (Å²) in [6.07, 6.45) is 11.6. The zero-order valence-corrected chi connectivity index (χ0v) is 16.7. The van der Waals surface area contributed by atoms with Crippen molar-refractivity contribution in [1.82, 2.24) is 0 Å². The van der Waals surface area contributed by atoms with Gasteiger partial charge in [0.2, 0.25) is 0 Å². The topological polar surface area (TPSA) is 23.8 Å². The van der Waals surface area contributed by atoms with E-state index in [1.165, 1.54) is 56.4 Å². The molecule has 0 radical (unpaired) electrons. The molecular formula is C24H29F4N. The highest BCUT2D eigenvalue weighted by Crippen LogP contribution is 2.34. The molecule has 0 amide bonds. The van der Waals surface area contributed by atoms with E-state index in [1.54, 1.807) is 18.2 Å². The fourth-order valence-corrected chi connectivity index (χ4v) is 4.05. The molecule has 29 heavy (non-hydrogen) atoms. The molecule has 0 atom stereocenters. The zero-order chi connectivity index (χ0) is 21.1. The van der Waals surface area contributed by atoms with Gasteiger partial charge in [-0.05, 0) is 61.3 Å². The van der Waals surface area contributed by atoms with Gasteiger partial charge in [0.1, 0.15) is 6.07 Å². The average Bonchev–Trinajstić information content (AvgIpc) is 2.71. The molecule has 158 valence electrons. The van der Waals surface area contributed by atoms with Crippen LogP contribution in [0.4, 0.5) is 17.6 Å². The maximum atomic E-state index is 12.6. The number of alkyl halides is 3. The SMILES string of the molecule is N#C/C(F)=C/C=C/CC[C@H]1CC[C@H](CCCCc2ccc(C(F)(F)F)cc2)CC1. The molecule has 2 rings (SSSR count). The second-order valence-electron chi connectivity index (χ2n) is 7.96. The first kappa shape index (κ1) is 23.2. The third-order valence-corrected chi connectivity index (χ3v) is 5.80. The number of aryl methyl sites for hydroxylation is 1. The Morgan fingerprint density at radius 1 is 1.00 bits per heavy atom. The van der Waals surface area contributed by atoms with E-state index in [0.29, 0.717) is 0 Å². The normalized spacial score (nSPS) is 20.7. The van der Waals surface area contributed by atoms with Crippen LogP contribution >= 0.6 is 0 Å². The van der Waals surface area contributed by atoms with E-state index < -0.39 is 17.6 Å². The summed E-state index contributed by atoms with van der Waals surface area (Å²) in [4.78, 5) is 0. The Kier molecular flexibility index (Phi) is 9.44. The van der Waals surface area contributed by atoms with Gasteiger partial charge in [0, 0.05) is 0 Å². The largest absolute Gasteiger partial charge is 0.416 e. The molecule has 1 fully saturated rings. The van der Waals surface area contributed by atoms with Crippen molar-refractivity contribution in [2.75, 3.05) is 0 Å². The lowest BCUT2D eigenvalue weighted by Crippen LogP contribution is -2.14. The van der Waals surface area contributed by atoms with Gasteiger partial charge in [0.15, 0.2) is 5.83 Å². The quantitative estimate of drug-likeness (QED) is 0.176. The van der Waals surface area contributed by atoms with E-state index in [4.69, 9.17) is 5.26 Å². The summed E-state index contributed by atoms with van der Waals surface area (Å²) in [6.45, 7) is 0. The van der Waals surface area contributed by atoms with Crippen LogP contribution in [0.2, 0.25) is 0 Å². The third kappa shape index (κ3) is 8.85. The smallest absolute Gasteiger partial charge is 0.195 e. The first-order valence-electron chi connectivity index (χ1n) is 10.5. The molecule has 0 aromatic heterocycles. The van der Waals surface area contributed by atoms with Gasteiger partial charge in [0.05, 0.1) is 5.56 Å². The molecule has 1 saturated carbocycles. The number of unbranched alkanes of at least 4 members (excludes halogenated alkanes) is 1.